The summed E-state index contributed by atoms with van der Waals surface area (Å²) in [5.74, 6) is -0.333. The highest BCUT2D eigenvalue weighted by molar-refractivity contribution is 5.99. The van der Waals surface area contributed by atoms with Crippen molar-refractivity contribution >= 4 is 23.6 Å². The predicted octanol–water partition coefficient (Wildman–Crippen LogP) is 2.68. The van der Waals surface area contributed by atoms with Crippen LogP contribution in [0.5, 0.6) is 0 Å². The van der Waals surface area contributed by atoms with E-state index in [9.17, 15) is 14.4 Å². The molecule has 2 aliphatic heterocycles. The van der Waals surface area contributed by atoms with E-state index < -0.39 is 0 Å². The molecule has 3 amide bonds. The highest BCUT2D eigenvalue weighted by atomic mass is 16.6. The van der Waals surface area contributed by atoms with Crippen LogP contribution in [0, 0.1) is 11.8 Å². The summed E-state index contributed by atoms with van der Waals surface area (Å²) in [4.78, 5) is 44.1. The predicted molar refractivity (Wildman–Crippen MR) is 113 cm³/mol. The zero-order chi connectivity index (χ0) is 21.1. The van der Waals surface area contributed by atoms with Gasteiger partial charge >= 0.3 is 6.09 Å². The summed E-state index contributed by atoms with van der Waals surface area (Å²) in [5.41, 5.74) is 2.21. The zero-order valence-corrected chi connectivity index (χ0v) is 17.7. The van der Waals surface area contributed by atoms with Crippen molar-refractivity contribution in [3.8, 4) is 0 Å². The first-order valence-electron chi connectivity index (χ1n) is 11.2. The standard InChI is InChI=1S/C23H31N3O4/c1-2-30-23(29)25-15-13-24(14-16-25)21(27)18-8-4-5-9-19(18)22(28)26-12-11-17-7-3-6-10-20(17)26/h3,6-7,10,18-19H,2,4-5,8-9,11-16H2,1H3. The lowest BCUT2D eigenvalue weighted by molar-refractivity contribution is -0.144. The van der Waals surface area contributed by atoms with Gasteiger partial charge in [-0.25, -0.2) is 4.79 Å². The van der Waals surface area contributed by atoms with Crippen molar-refractivity contribution in [2.24, 2.45) is 11.8 Å². The molecule has 3 aliphatic rings. The minimum atomic E-state index is -0.317. The van der Waals surface area contributed by atoms with Crippen LogP contribution in [0.4, 0.5) is 10.5 Å². The van der Waals surface area contributed by atoms with Gasteiger partial charge in [0, 0.05) is 44.3 Å². The summed E-state index contributed by atoms with van der Waals surface area (Å²) in [6.45, 7) is 4.81. The number of piperazine rings is 1. The molecule has 0 N–H and O–H groups in total. The second kappa shape index (κ2) is 9.06. The summed E-state index contributed by atoms with van der Waals surface area (Å²) in [6, 6.07) is 8.07. The first-order chi connectivity index (χ1) is 14.6. The maximum absolute atomic E-state index is 13.5. The molecule has 2 unspecified atom stereocenters. The Hall–Kier alpha value is -2.57. The molecule has 0 radical (unpaired) electrons. The molecule has 0 bridgehead atoms. The third-order valence-electron chi connectivity index (χ3n) is 6.67. The molecule has 1 aliphatic carbocycles. The van der Waals surface area contributed by atoms with Crippen molar-refractivity contribution in [2.75, 3.05) is 44.2 Å². The Labute approximate surface area is 177 Å². The zero-order valence-electron chi connectivity index (χ0n) is 17.7. The first kappa shape index (κ1) is 20.7. The number of anilines is 1. The Bertz CT molecular complexity index is 803. The van der Waals surface area contributed by atoms with Crippen LogP contribution in [0.15, 0.2) is 24.3 Å². The molecule has 4 rings (SSSR count). The van der Waals surface area contributed by atoms with E-state index in [4.69, 9.17) is 4.74 Å². The van der Waals surface area contributed by atoms with E-state index in [2.05, 4.69) is 6.07 Å². The van der Waals surface area contributed by atoms with E-state index >= 15 is 0 Å². The molecule has 0 spiro atoms. The second-order valence-electron chi connectivity index (χ2n) is 8.38. The lowest BCUT2D eigenvalue weighted by Crippen LogP contribution is -2.54. The van der Waals surface area contributed by atoms with Crippen molar-refractivity contribution in [3.05, 3.63) is 29.8 Å². The number of carbonyl (C=O) groups excluding carboxylic acids is 3. The van der Waals surface area contributed by atoms with E-state index in [1.807, 2.05) is 28.0 Å². The van der Waals surface area contributed by atoms with E-state index in [1.165, 1.54) is 5.56 Å². The normalized spacial score (nSPS) is 23.8. The highest BCUT2D eigenvalue weighted by Gasteiger charge is 2.41. The number of para-hydroxylation sites is 1. The minimum absolute atomic E-state index is 0.0732. The Morgan fingerprint density at radius 1 is 0.900 bits per heavy atom. The van der Waals surface area contributed by atoms with Crippen molar-refractivity contribution in [1.82, 2.24) is 9.80 Å². The molecule has 2 fully saturated rings. The number of ether oxygens (including phenoxy) is 1. The minimum Gasteiger partial charge on any atom is -0.450 e. The van der Waals surface area contributed by atoms with E-state index in [-0.39, 0.29) is 29.7 Å². The van der Waals surface area contributed by atoms with Gasteiger partial charge in [-0.2, -0.15) is 0 Å². The number of carbonyl (C=O) groups is 3. The Kier molecular flexibility index (Phi) is 6.25. The fraction of sp³-hybridized carbons (Fsp3) is 0.609. The first-order valence-corrected chi connectivity index (χ1v) is 11.2. The van der Waals surface area contributed by atoms with Gasteiger partial charge in [0.25, 0.3) is 0 Å². The number of rotatable bonds is 3. The van der Waals surface area contributed by atoms with Crippen LogP contribution < -0.4 is 4.90 Å². The van der Waals surface area contributed by atoms with Crippen LogP contribution in [-0.4, -0.2) is 67.0 Å². The van der Waals surface area contributed by atoms with Crippen LogP contribution in [-0.2, 0) is 20.7 Å². The van der Waals surface area contributed by atoms with Gasteiger partial charge in [-0.05, 0) is 37.8 Å². The molecule has 162 valence electrons. The maximum atomic E-state index is 13.5. The quantitative estimate of drug-likeness (QED) is 0.764. The Morgan fingerprint density at radius 2 is 1.53 bits per heavy atom. The van der Waals surface area contributed by atoms with Gasteiger partial charge in [0.05, 0.1) is 12.5 Å². The van der Waals surface area contributed by atoms with Gasteiger partial charge in [-0.1, -0.05) is 31.0 Å². The van der Waals surface area contributed by atoms with Crippen molar-refractivity contribution in [1.29, 1.82) is 0 Å². The van der Waals surface area contributed by atoms with E-state index in [0.717, 1.165) is 37.8 Å². The van der Waals surface area contributed by atoms with Crippen LogP contribution in [0.2, 0.25) is 0 Å². The number of hydrogen-bond donors (Lipinski definition) is 0. The molecule has 2 heterocycles. The van der Waals surface area contributed by atoms with Crippen molar-refractivity contribution < 1.29 is 19.1 Å². The van der Waals surface area contributed by atoms with Gasteiger partial charge in [0.15, 0.2) is 0 Å². The van der Waals surface area contributed by atoms with Crippen LogP contribution in [0.1, 0.15) is 38.2 Å². The van der Waals surface area contributed by atoms with Gasteiger partial charge in [-0.3, -0.25) is 9.59 Å². The summed E-state index contributed by atoms with van der Waals surface area (Å²) in [7, 11) is 0. The molecule has 1 aromatic rings. The summed E-state index contributed by atoms with van der Waals surface area (Å²) in [6.07, 6.45) is 4.08. The fourth-order valence-corrected chi connectivity index (χ4v) is 5.05. The van der Waals surface area contributed by atoms with Crippen LogP contribution >= 0.6 is 0 Å². The molecule has 0 aromatic heterocycles. The fourth-order valence-electron chi connectivity index (χ4n) is 5.05. The summed E-state index contributed by atoms with van der Waals surface area (Å²) in [5, 5.41) is 0. The Balaban J connectivity index is 1.42. The van der Waals surface area contributed by atoms with Gasteiger partial charge in [0.2, 0.25) is 11.8 Å². The number of hydrogen-bond acceptors (Lipinski definition) is 4. The maximum Gasteiger partial charge on any atom is 0.409 e. The SMILES string of the molecule is CCOC(=O)N1CCN(C(=O)C2CCCCC2C(=O)N2CCc3ccccc32)CC1. The average Bonchev–Trinajstić information content (AvgIpc) is 3.22. The van der Waals surface area contributed by atoms with Crippen LogP contribution in [0.25, 0.3) is 0 Å². The number of benzene rings is 1. The molecule has 2 atom stereocenters. The molecule has 7 heteroatoms. The van der Waals surface area contributed by atoms with Crippen molar-refractivity contribution in [2.45, 2.75) is 39.0 Å². The number of fused-ring (bicyclic) bond motifs is 1. The lowest BCUT2D eigenvalue weighted by atomic mass is 9.77. The van der Waals surface area contributed by atoms with E-state index in [0.29, 0.717) is 39.3 Å². The molecule has 7 nitrogen and oxygen atoms in total. The number of nitrogens with zero attached hydrogens (tertiary/aromatic N) is 3. The molecular formula is C23H31N3O4. The van der Waals surface area contributed by atoms with Crippen molar-refractivity contribution in [3.63, 3.8) is 0 Å². The molecule has 30 heavy (non-hydrogen) atoms. The summed E-state index contributed by atoms with van der Waals surface area (Å²) >= 11 is 0. The number of amides is 3. The average molecular weight is 414 g/mol. The monoisotopic (exact) mass is 413 g/mol. The molecule has 1 saturated heterocycles. The largest absolute Gasteiger partial charge is 0.450 e. The van der Waals surface area contributed by atoms with Gasteiger partial charge < -0.3 is 19.4 Å². The lowest BCUT2D eigenvalue weighted by Gasteiger charge is -2.39. The Morgan fingerprint density at radius 3 is 2.23 bits per heavy atom. The smallest absolute Gasteiger partial charge is 0.409 e. The van der Waals surface area contributed by atoms with Gasteiger partial charge in [0.1, 0.15) is 0 Å². The van der Waals surface area contributed by atoms with Gasteiger partial charge in [-0.15, -0.1) is 0 Å². The van der Waals surface area contributed by atoms with Crippen LogP contribution in [0.3, 0.4) is 0 Å². The molecule has 1 saturated carbocycles. The second-order valence-corrected chi connectivity index (χ2v) is 8.38. The molecule has 1 aromatic carbocycles. The third-order valence-corrected chi connectivity index (χ3v) is 6.67. The topological polar surface area (TPSA) is 70.2 Å². The summed E-state index contributed by atoms with van der Waals surface area (Å²) < 4.78 is 5.06. The highest BCUT2D eigenvalue weighted by Crippen LogP contribution is 2.36. The molecular weight excluding hydrogens is 382 g/mol. The van der Waals surface area contributed by atoms with E-state index in [1.54, 1.807) is 11.8 Å². The third kappa shape index (κ3) is 4.02.